The van der Waals surface area contributed by atoms with Crippen molar-refractivity contribution >= 4 is 34.4 Å². The summed E-state index contributed by atoms with van der Waals surface area (Å²) in [5, 5.41) is 10.7. The van der Waals surface area contributed by atoms with Gasteiger partial charge in [0.1, 0.15) is 5.82 Å². The maximum absolute atomic E-state index is 13.8. The highest BCUT2D eigenvalue weighted by molar-refractivity contribution is 7.12. The Balaban J connectivity index is 1.73. The lowest BCUT2D eigenvalue weighted by Crippen LogP contribution is -2.40. The van der Waals surface area contributed by atoms with Gasteiger partial charge >= 0.3 is 0 Å². The van der Waals surface area contributed by atoms with Crippen molar-refractivity contribution in [2.24, 2.45) is 5.73 Å². The normalized spacial score (nSPS) is 20.4. The van der Waals surface area contributed by atoms with Crippen molar-refractivity contribution in [2.75, 3.05) is 4.90 Å². The van der Waals surface area contributed by atoms with E-state index in [-0.39, 0.29) is 11.7 Å². The molecule has 0 radical (unpaired) electrons. The summed E-state index contributed by atoms with van der Waals surface area (Å²) in [4.78, 5) is 17.9. The minimum absolute atomic E-state index is 0.0315. The summed E-state index contributed by atoms with van der Waals surface area (Å²) in [5.74, 6) is -0.0199. The Kier molecular flexibility index (Phi) is 6.03. The summed E-state index contributed by atoms with van der Waals surface area (Å²) in [7, 11) is 0. The number of thiophene rings is 1. The smallest absolute Gasteiger partial charge is 0.162 e. The molecule has 2 unspecified atom stereocenters. The first-order valence-electron chi connectivity index (χ1n) is 11.4. The average molecular weight is 486 g/mol. The van der Waals surface area contributed by atoms with Gasteiger partial charge in [0.2, 0.25) is 0 Å². The highest BCUT2D eigenvalue weighted by atomic mass is 35.5. The molecule has 0 saturated heterocycles. The molecule has 0 spiro atoms. The number of nitrogens with two attached hydrogens (primary N) is 1. The first-order valence-corrected chi connectivity index (χ1v) is 12.6. The minimum atomic E-state index is -0.451. The molecule has 5 rings (SSSR count). The zero-order valence-corrected chi connectivity index (χ0v) is 20.4. The van der Waals surface area contributed by atoms with Crippen molar-refractivity contribution in [3.63, 3.8) is 0 Å². The Hall–Kier alpha value is -3.33. The molecule has 1 aromatic heterocycles. The number of halogens is 1. The quantitative estimate of drug-likeness (QED) is 0.448. The third-order valence-electron chi connectivity index (χ3n) is 6.65. The number of hydrogen-bond donors (Lipinski definition) is 1. The Labute approximate surface area is 208 Å². The largest absolute Gasteiger partial charge is 0.384 e. The zero-order valence-electron chi connectivity index (χ0n) is 18.8. The van der Waals surface area contributed by atoms with Crippen LogP contribution in [0.1, 0.15) is 46.9 Å². The summed E-state index contributed by atoms with van der Waals surface area (Å²) in [6.07, 6.45) is 1.94. The Morgan fingerprint density at radius 1 is 1.09 bits per heavy atom. The van der Waals surface area contributed by atoms with Gasteiger partial charge in [-0.3, -0.25) is 9.69 Å². The van der Waals surface area contributed by atoms with Gasteiger partial charge in [-0.2, -0.15) is 5.26 Å². The number of nitrogens with zero attached hydrogens (tertiary/aromatic N) is 2. The van der Waals surface area contributed by atoms with E-state index in [1.54, 1.807) is 17.4 Å². The summed E-state index contributed by atoms with van der Waals surface area (Å²) >= 11 is 8.25. The summed E-state index contributed by atoms with van der Waals surface area (Å²) in [6, 6.07) is 24.0. The van der Waals surface area contributed by atoms with E-state index in [1.165, 1.54) is 4.88 Å². The van der Waals surface area contributed by atoms with E-state index < -0.39 is 5.92 Å². The van der Waals surface area contributed by atoms with Crippen molar-refractivity contribution in [1.29, 1.82) is 5.26 Å². The number of carbonyl (C=O) groups excluding carboxylic acids is 1. The van der Waals surface area contributed by atoms with Gasteiger partial charge in [0.15, 0.2) is 5.78 Å². The van der Waals surface area contributed by atoms with Crippen LogP contribution in [0.2, 0.25) is 5.02 Å². The second-order valence-corrected chi connectivity index (χ2v) is 10.2. The van der Waals surface area contributed by atoms with Crippen molar-refractivity contribution in [1.82, 2.24) is 0 Å². The molecule has 0 saturated carbocycles. The molecule has 170 valence electrons. The number of anilines is 1. The molecular weight excluding hydrogens is 462 g/mol. The molecule has 1 aliphatic carbocycles. The SMILES string of the molecule is CCc1ccc(C2C(C#N)=C(N)N(c3ccccc3Cl)C3=C2C(=O)CC(c2ccccc2)C3)s1. The molecule has 2 atom stereocenters. The number of nitriles is 1. The molecule has 2 N–H and O–H groups in total. The predicted molar refractivity (Wildman–Crippen MR) is 138 cm³/mol. The number of para-hydroxylation sites is 1. The lowest BCUT2D eigenvalue weighted by molar-refractivity contribution is -0.116. The van der Waals surface area contributed by atoms with Crippen LogP contribution in [0.25, 0.3) is 0 Å². The number of rotatable bonds is 4. The van der Waals surface area contributed by atoms with Crippen molar-refractivity contribution in [3.8, 4) is 6.07 Å². The van der Waals surface area contributed by atoms with Gasteiger partial charge in [0.05, 0.1) is 28.3 Å². The van der Waals surface area contributed by atoms with E-state index >= 15 is 0 Å². The molecule has 2 aromatic carbocycles. The standard InChI is InChI=1S/C28H24ClN3OS/c1-2-19-12-13-25(34-19)26-20(16-30)28(31)32(22-11-7-6-10-21(22)29)23-14-18(15-24(33)27(23)26)17-8-4-3-5-9-17/h3-13,18,26H,2,14-15,31H2,1H3. The monoisotopic (exact) mass is 485 g/mol. The molecule has 2 aliphatic rings. The summed E-state index contributed by atoms with van der Waals surface area (Å²) in [5.41, 5.74) is 10.4. The minimum Gasteiger partial charge on any atom is -0.384 e. The molecule has 1 aliphatic heterocycles. The first-order chi connectivity index (χ1) is 16.5. The third-order valence-corrected chi connectivity index (χ3v) is 8.26. The average Bonchev–Trinajstić information content (AvgIpc) is 3.33. The van der Waals surface area contributed by atoms with E-state index in [1.807, 2.05) is 47.4 Å². The van der Waals surface area contributed by atoms with E-state index in [0.29, 0.717) is 40.5 Å². The molecular formula is C28H24ClN3OS. The van der Waals surface area contributed by atoms with Crippen LogP contribution in [-0.2, 0) is 11.2 Å². The molecule has 0 fully saturated rings. The number of ketones is 1. The molecule has 6 heteroatoms. The number of allylic oxidation sites excluding steroid dienone is 3. The second-order valence-electron chi connectivity index (χ2n) is 8.59. The number of Topliss-reactive ketones (excluding diaryl/α,β-unsaturated/α-hetero) is 1. The van der Waals surface area contributed by atoms with Crippen LogP contribution in [-0.4, -0.2) is 5.78 Å². The van der Waals surface area contributed by atoms with Gasteiger partial charge in [-0.05, 0) is 48.6 Å². The van der Waals surface area contributed by atoms with Gasteiger partial charge in [-0.1, -0.05) is 61.0 Å². The Bertz CT molecular complexity index is 1370. The number of hydrogen-bond acceptors (Lipinski definition) is 5. The van der Waals surface area contributed by atoms with Crippen LogP contribution in [0, 0.1) is 11.3 Å². The Morgan fingerprint density at radius 2 is 1.82 bits per heavy atom. The van der Waals surface area contributed by atoms with Crippen LogP contribution < -0.4 is 10.6 Å². The Morgan fingerprint density at radius 3 is 2.50 bits per heavy atom. The lowest BCUT2D eigenvalue weighted by atomic mass is 9.73. The second kappa shape index (κ2) is 9.13. The van der Waals surface area contributed by atoms with Crippen LogP contribution in [0.5, 0.6) is 0 Å². The predicted octanol–water partition coefficient (Wildman–Crippen LogP) is 6.66. The third kappa shape index (κ3) is 3.73. The van der Waals surface area contributed by atoms with Crippen LogP contribution in [0.3, 0.4) is 0 Å². The van der Waals surface area contributed by atoms with Crippen molar-refractivity contribution in [3.05, 3.63) is 110 Å². The lowest BCUT2D eigenvalue weighted by Gasteiger charge is -2.41. The molecule has 0 amide bonds. The number of carbonyl (C=O) groups is 1. The zero-order chi connectivity index (χ0) is 23.8. The molecule has 0 bridgehead atoms. The van der Waals surface area contributed by atoms with Gasteiger partial charge in [0.25, 0.3) is 0 Å². The highest BCUT2D eigenvalue weighted by Crippen LogP contribution is 2.51. The van der Waals surface area contributed by atoms with Crippen LogP contribution >= 0.6 is 22.9 Å². The van der Waals surface area contributed by atoms with Gasteiger partial charge in [-0.15, -0.1) is 11.3 Å². The van der Waals surface area contributed by atoms with E-state index in [0.717, 1.165) is 22.6 Å². The van der Waals surface area contributed by atoms with Crippen molar-refractivity contribution in [2.45, 2.75) is 38.0 Å². The maximum atomic E-state index is 13.8. The van der Waals surface area contributed by atoms with Crippen LogP contribution in [0.4, 0.5) is 5.69 Å². The highest BCUT2D eigenvalue weighted by Gasteiger charge is 2.43. The van der Waals surface area contributed by atoms with E-state index in [9.17, 15) is 10.1 Å². The van der Waals surface area contributed by atoms with Gasteiger partial charge < -0.3 is 5.73 Å². The molecule has 3 aromatic rings. The van der Waals surface area contributed by atoms with E-state index in [4.69, 9.17) is 17.3 Å². The van der Waals surface area contributed by atoms with Gasteiger partial charge in [-0.25, -0.2) is 0 Å². The maximum Gasteiger partial charge on any atom is 0.162 e. The van der Waals surface area contributed by atoms with Gasteiger partial charge in [0, 0.05) is 27.4 Å². The topological polar surface area (TPSA) is 70.1 Å². The number of aryl methyl sites for hydroxylation is 1. The number of benzene rings is 2. The van der Waals surface area contributed by atoms with Crippen LogP contribution in [0.15, 0.2) is 89.4 Å². The first kappa shape index (κ1) is 22.5. The summed E-state index contributed by atoms with van der Waals surface area (Å²) in [6.45, 7) is 2.10. The fraction of sp³-hybridized carbons (Fsp3) is 0.214. The van der Waals surface area contributed by atoms with E-state index in [2.05, 4.69) is 31.2 Å². The summed E-state index contributed by atoms with van der Waals surface area (Å²) < 4.78 is 0. The fourth-order valence-electron chi connectivity index (χ4n) is 5.02. The fourth-order valence-corrected chi connectivity index (χ4v) is 6.32. The van der Waals surface area contributed by atoms with Crippen molar-refractivity contribution < 1.29 is 4.79 Å². The molecule has 34 heavy (non-hydrogen) atoms. The molecule has 4 nitrogen and oxygen atoms in total. The molecule has 2 heterocycles.